The largest absolute Gasteiger partial charge is 0.352 e. The zero-order valence-electron chi connectivity index (χ0n) is 24.4. The lowest BCUT2D eigenvalue weighted by Crippen LogP contribution is -2.54. The van der Waals surface area contributed by atoms with Crippen LogP contribution in [-0.4, -0.2) is 43.8 Å². The highest BCUT2D eigenvalue weighted by molar-refractivity contribution is 7.92. The van der Waals surface area contributed by atoms with Gasteiger partial charge in [-0.25, -0.2) is 8.42 Å². The van der Waals surface area contributed by atoms with E-state index in [1.165, 1.54) is 23.1 Å². The quantitative estimate of drug-likeness (QED) is 0.201. The van der Waals surface area contributed by atoms with Crippen LogP contribution in [0.25, 0.3) is 0 Å². The first-order valence-corrected chi connectivity index (χ1v) is 16.6. The zero-order chi connectivity index (χ0) is 30.9. The molecule has 0 aromatic heterocycles. The van der Waals surface area contributed by atoms with Gasteiger partial charge in [-0.05, 0) is 54.3 Å². The molecular formula is C35H36ClN3O4S. The molecule has 0 heterocycles. The van der Waals surface area contributed by atoms with E-state index < -0.39 is 28.5 Å². The predicted octanol–water partition coefficient (Wildman–Crippen LogP) is 6.23. The molecule has 4 aromatic rings. The molecule has 0 spiro atoms. The Bertz CT molecular complexity index is 1650. The Kier molecular flexibility index (Phi) is 10.4. The lowest BCUT2D eigenvalue weighted by Gasteiger charge is -2.34. The van der Waals surface area contributed by atoms with Crippen LogP contribution in [0.5, 0.6) is 0 Å². The Labute approximate surface area is 264 Å². The predicted molar refractivity (Wildman–Crippen MR) is 174 cm³/mol. The molecule has 0 bridgehead atoms. The molecule has 44 heavy (non-hydrogen) atoms. The monoisotopic (exact) mass is 629 g/mol. The van der Waals surface area contributed by atoms with Gasteiger partial charge in [-0.2, -0.15) is 0 Å². The van der Waals surface area contributed by atoms with E-state index in [4.69, 9.17) is 11.6 Å². The fourth-order valence-corrected chi connectivity index (χ4v) is 7.19. The molecule has 0 aliphatic heterocycles. The second-order valence-corrected chi connectivity index (χ2v) is 13.3. The molecular weight excluding hydrogens is 594 g/mol. The maximum Gasteiger partial charge on any atom is 0.264 e. The maximum atomic E-state index is 14.5. The molecule has 2 amide bonds. The number of rotatable bonds is 12. The summed E-state index contributed by atoms with van der Waals surface area (Å²) in [5, 5.41) is 3.52. The third-order valence-electron chi connectivity index (χ3n) is 7.87. The maximum absolute atomic E-state index is 14.5. The molecule has 4 aromatic carbocycles. The number of nitrogens with one attached hydrogen (secondary N) is 1. The number of nitrogens with zero attached hydrogens (tertiary/aromatic N) is 2. The molecule has 9 heteroatoms. The Morgan fingerprint density at radius 2 is 1.39 bits per heavy atom. The molecule has 0 saturated heterocycles. The molecule has 1 saturated carbocycles. The molecule has 5 rings (SSSR count). The minimum atomic E-state index is -4.17. The fraction of sp³-hybridized carbons (Fsp3) is 0.257. The van der Waals surface area contributed by atoms with Gasteiger partial charge in [0.2, 0.25) is 11.8 Å². The minimum Gasteiger partial charge on any atom is -0.352 e. The van der Waals surface area contributed by atoms with Gasteiger partial charge in [0, 0.05) is 24.0 Å². The van der Waals surface area contributed by atoms with Crippen molar-refractivity contribution in [2.24, 2.45) is 0 Å². The summed E-state index contributed by atoms with van der Waals surface area (Å²) >= 11 is 6.28. The Morgan fingerprint density at radius 3 is 2.00 bits per heavy atom. The number of anilines is 1. The third-order valence-corrected chi connectivity index (χ3v) is 9.90. The van der Waals surface area contributed by atoms with Crippen molar-refractivity contribution in [3.63, 3.8) is 0 Å². The number of hydrogen-bond donors (Lipinski definition) is 1. The van der Waals surface area contributed by atoms with Crippen LogP contribution >= 0.6 is 11.6 Å². The molecule has 228 valence electrons. The number of carbonyl (C=O) groups excluding carboxylic acids is 2. The second kappa shape index (κ2) is 14.6. The van der Waals surface area contributed by atoms with Crippen molar-refractivity contribution in [2.45, 2.75) is 55.6 Å². The highest BCUT2D eigenvalue weighted by Gasteiger charge is 2.35. The standard InChI is InChI=1S/C35H36ClN3O4S/c36-29-17-12-20-31(24-29)39(44(42,43)32-21-8-3-9-22-32)26-34(40)38(25-28-15-6-2-7-16-28)33(23-27-13-4-1-5-14-27)35(41)37-30-18-10-11-19-30/h1-9,12-17,20-22,24,30,33H,10-11,18-19,23,25-26H2,(H,37,41). The summed E-state index contributed by atoms with van der Waals surface area (Å²) in [6, 6.07) is 32.6. The lowest BCUT2D eigenvalue weighted by atomic mass is 10.0. The molecule has 1 aliphatic carbocycles. The molecule has 0 radical (unpaired) electrons. The first-order valence-electron chi connectivity index (χ1n) is 14.8. The topological polar surface area (TPSA) is 86.8 Å². The highest BCUT2D eigenvalue weighted by Crippen LogP contribution is 2.27. The van der Waals surface area contributed by atoms with Gasteiger partial charge in [0.1, 0.15) is 12.6 Å². The fourth-order valence-electron chi connectivity index (χ4n) is 5.58. The van der Waals surface area contributed by atoms with Gasteiger partial charge in [-0.1, -0.05) is 109 Å². The summed E-state index contributed by atoms with van der Waals surface area (Å²) in [4.78, 5) is 30.0. The Hall–Kier alpha value is -4.14. The summed E-state index contributed by atoms with van der Waals surface area (Å²) < 4.78 is 29.1. The first kappa shape index (κ1) is 31.3. The van der Waals surface area contributed by atoms with Gasteiger partial charge < -0.3 is 10.2 Å². The second-order valence-electron chi connectivity index (χ2n) is 11.0. The van der Waals surface area contributed by atoms with E-state index in [0.717, 1.165) is 41.1 Å². The minimum absolute atomic E-state index is 0.0437. The van der Waals surface area contributed by atoms with Crippen molar-refractivity contribution in [1.82, 2.24) is 10.2 Å². The molecule has 1 N–H and O–H groups in total. The average molecular weight is 630 g/mol. The van der Waals surface area contributed by atoms with E-state index in [0.29, 0.717) is 5.02 Å². The van der Waals surface area contributed by atoms with E-state index in [1.54, 1.807) is 36.4 Å². The molecule has 1 fully saturated rings. The van der Waals surface area contributed by atoms with Gasteiger partial charge in [0.15, 0.2) is 0 Å². The number of amides is 2. The van der Waals surface area contributed by atoms with E-state index in [-0.39, 0.29) is 35.5 Å². The summed E-state index contributed by atoms with van der Waals surface area (Å²) in [7, 11) is -4.17. The van der Waals surface area contributed by atoms with Crippen LogP contribution in [-0.2, 0) is 32.6 Å². The first-order chi connectivity index (χ1) is 21.3. The third kappa shape index (κ3) is 7.87. The van der Waals surface area contributed by atoms with Gasteiger partial charge in [-0.3, -0.25) is 13.9 Å². The van der Waals surface area contributed by atoms with E-state index in [9.17, 15) is 18.0 Å². The van der Waals surface area contributed by atoms with Crippen LogP contribution in [0.3, 0.4) is 0 Å². The molecule has 7 nitrogen and oxygen atoms in total. The van der Waals surface area contributed by atoms with Crippen LogP contribution < -0.4 is 9.62 Å². The summed E-state index contributed by atoms with van der Waals surface area (Å²) in [6.45, 7) is -0.392. The SMILES string of the molecule is O=C(NC1CCCC1)C(Cc1ccccc1)N(Cc1ccccc1)C(=O)CN(c1cccc(Cl)c1)S(=O)(=O)c1ccccc1. The normalized spacial score (nSPS) is 14.1. The summed E-state index contributed by atoms with van der Waals surface area (Å²) in [5.74, 6) is -0.749. The van der Waals surface area contributed by atoms with E-state index >= 15 is 0 Å². The summed E-state index contributed by atoms with van der Waals surface area (Å²) in [6.07, 6.45) is 4.17. The number of hydrogen-bond acceptors (Lipinski definition) is 4. The van der Waals surface area contributed by atoms with Crippen molar-refractivity contribution >= 4 is 39.1 Å². The van der Waals surface area contributed by atoms with Crippen LogP contribution in [0.2, 0.25) is 5.02 Å². The van der Waals surface area contributed by atoms with Crippen molar-refractivity contribution in [3.8, 4) is 0 Å². The van der Waals surface area contributed by atoms with Gasteiger partial charge >= 0.3 is 0 Å². The van der Waals surface area contributed by atoms with Crippen molar-refractivity contribution in [3.05, 3.63) is 131 Å². The van der Waals surface area contributed by atoms with Crippen molar-refractivity contribution in [2.75, 3.05) is 10.8 Å². The Balaban J connectivity index is 1.55. The molecule has 1 aliphatic rings. The lowest BCUT2D eigenvalue weighted by molar-refractivity contribution is -0.140. The van der Waals surface area contributed by atoms with E-state index in [2.05, 4.69) is 5.32 Å². The zero-order valence-corrected chi connectivity index (χ0v) is 26.0. The van der Waals surface area contributed by atoms with E-state index in [1.807, 2.05) is 60.7 Å². The average Bonchev–Trinajstić information content (AvgIpc) is 3.56. The number of sulfonamides is 1. The van der Waals surface area contributed by atoms with Gasteiger partial charge in [-0.15, -0.1) is 0 Å². The summed E-state index contributed by atoms with van der Waals surface area (Å²) in [5.41, 5.74) is 1.98. The van der Waals surface area contributed by atoms with Gasteiger partial charge in [0.05, 0.1) is 10.6 Å². The van der Waals surface area contributed by atoms with Crippen LogP contribution in [0, 0.1) is 0 Å². The highest BCUT2D eigenvalue weighted by atomic mass is 35.5. The molecule has 1 atom stereocenters. The smallest absolute Gasteiger partial charge is 0.264 e. The molecule has 1 unspecified atom stereocenters. The Morgan fingerprint density at radius 1 is 0.795 bits per heavy atom. The van der Waals surface area contributed by atoms with Crippen LogP contribution in [0.1, 0.15) is 36.8 Å². The van der Waals surface area contributed by atoms with Crippen LogP contribution in [0.4, 0.5) is 5.69 Å². The van der Waals surface area contributed by atoms with Crippen molar-refractivity contribution < 1.29 is 18.0 Å². The van der Waals surface area contributed by atoms with Crippen LogP contribution in [0.15, 0.2) is 120 Å². The van der Waals surface area contributed by atoms with Gasteiger partial charge in [0.25, 0.3) is 10.0 Å². The van der Waals surface area contributed by atoms with Crippen molar-refractivity contribution in [1.29, 1.82) is 0 Å². The number of benzene rings is 4. The number of carbonyl (C=O) groups is 2. The number of halogens is 1.